The Morgan fingerprint density at radius 2 is 2.29 bits per heavy atom. The Morgan fingerprint density at radius 3 is 3.12 bits per heavy atom. The molecule has 1 nitrogen and oxygen atoms in total. The molecule has 1 heteroatoms. The van der Waals surface area contributed by atoms with Crippen LogP contribution in [0.4, 0.5) is 0 Å². The molecule has 17 heavy (non-hydrogen) atoms. The number of hydrogen-bond acceptors (Lipinski definition) is 1. The third-order valence-electron chi connectivity index (χ3n) is 4.63. The molecule has 0 saturated carbocycles. The van der Waals surface area contributed by atoms with Crippen LogP contribution in [-0.2, 0) is 6.42 Å². The number of nitrogens with one attached hydrogen (secondary N) is 1. The van der Waals surface area contributed by atoms with Crippen molar-refractivity contribution < 1.29 is 0 Å². The van der Waals surface area contributed by atoms with Gasteiger partial charge in [0.05, 0.1) is 0 Å². The third-order valence-corrected chi connectivity index (χ3v) is 4.63. The Labute approximate surface area is 104 Å². The minimum atomic E-state index is 0.488. The maximum absolute atomic E-state index is 3.58. The molecule has 1 aliphatic heterocycles. The fraction of sp³-hybridized carbons (Fsp3) is 0.500. The van der Waals surface area contributed by atoms with E-state index in [4.69, 9.17) is 0 Å². The second kappa shape index (κ2) is 3.99. The van der Waals surface area contributed by atoms with Crippen molar-refractivity contribution in [1.29, 1.82) is 0 Å². The molecule has 3 rings (SSSR count). The van der Waals surface area contributed by atoms with E-state index < -0.39 is 0 Å². The van der Waals surface area contributed by atoms with Crippen molar-refractivity contribution in [2.24, 2.45) is 5.41 Å². The van der Waals surface area contributed by atoms with Crippen LogP contribution in [0.3, 0.4) is 0 Å². The Kier molecular flexibility index (Phi) is 2.59. The van der Waals surface area contributed by atoms with Gasteiger partial charge in [-0.2, -0.15) is 0 Å². The first-order chi connectivity index (χ1) is 8.24. The van der Waals surface area contributed by atoms with Crippen LogP contribution in [0, 0.1) is 5.41 Å². The molecule has 90 valence electrons. The van der Waals surface area contributed by atoms with Crippen molar-refractivity contribution in [2.75, 3.05) is 13.1 Å². The summed E-state index contributed by atoms with van der Waals surface area (Å²) in [5.74, 6) is 0.719. The molecule has 0 amide bonds. The highest BCUT2D eigenvalue weighted by Crippen LogP contribution is 2.48. The van der Waals surface area contributed by atoms with Gasteiger partial charge in [-0.3, -0.25) is 0 Å². The predicted molar refractivity (Wildman–Crippen MR) is 73.2 cm³/mol. The third kappa shape index (κ3) is 1.64. The molecule has 2 atom stereocenters. The Hall–Kier alpha value is -1.08. The number of allylic oxidation sites excluding steroid dienone is 1. The Bertz CT molecular complexity index is 461. The summed E-state index contributed by atoms with van der Waals surface area (Å²) >= 11 is 0. The lowest BCUT2D eigenvalue weighted by atomic mass is 9.66. The lowest BCUT2D eigenvalue weighted by molar-refractivity contribution is 0.277. The van der Waals surface area contributed by atoms with Crippen molar-refractivity contribution >= 4 is 6.08 Å². The normalized spacial score (nSPS) is 31.5. The number of rotatable bonds is 1. The highest BCUT2D eigenvalue weighted by molar-refractivity contribution is 5.57. The summed E-state index contributed by atoms with van der Waals surface area (Å²) in [6, 6.07) is 6.82. The summed E-state index contributed by atoms with van der Waals surface area (Å²) in [4.78, 5) is 0. The number of hydrogen-bond donors (Lipinski definition) is 1. The standard InChI is InChI=1S/C16H21N/c1-3-5-12-6-4-7-14-13(12)8-9-16(2)11-17-10-15(14)16/h3-7,15,17H,8-11H2,1-2H3/t15-,16+/m0/s1. The van der Waals surface area contributed by atoms with Crippen LogP contribution in [0.15, 0.2) is 24.3 Å². The summed E-state index contributed by atoms with van der Waals surface area (Å²) in [5, 5.41) is 3.58. The van der Waals surface area contributed by atoms with E-state index in [1.807, 2.05) is 0 Å². The van der Waals surface area contributed by atoms with Gasteiger partial charge in [0.15, 0.2) is 0 Å². The van der Waals surface area contributed by atoms with Crippen molar-refractivity contribution in [2.45, 2.75) is 32.6 Å². The molecular weight excluding hydrogens is 206 g/mol. The Balaban J connectivity index is 2.10. The van der Waals surface area contributed by atoms with Crippen LogP contribution in [-0.4, -0.2) is 13.1 Å². The van der Waals surface area contributed by atoms with E-state index in [0.717, 1.165) is 12.5 Å². The second-order valence-electron chi connectivity index (χ2n) is 5.75. The van der Waals surface area contributed by atoms with Crippen LogP contribution in [0.2, 0.25) is 0 Å². The van der Waals surface area contributed by atoms with Crippen LogP contribution in [0.5, 0.6) is 0 Å². The molecule has 1 fully saturated rings. The van der Waals surface area contributed by atoms with Gasteiger partial charge in [0.1, 0.15) is 0 Å². The molecule has 0 aromatic heterocycles. The van der Waals surface area contributed by atoms with E-state index in [1.54, 1.807) is 11.1 Å². The first-order valence-electron chi connectivity index (χ1n) is 6.70. The monoisotopic (exact) mass is 227 g/mol. The summed E-state index contributed by atoms with van der Waals surface area (Å²) < 4.78 is 0. The van der Waals surface area contributed by atoms with Crippen LogP contribution in [0.1, 0.15) is 42.9 Å². The van der Waals surface area contributed by atoms with Gasteiger partial charge in [-0.15, -0.1) is 0 Å². The molecular formula is C16H21N. The minimum absolute atomic E-state index is 0.488. The minimum Gasteiger partial charge on any atom is -0.316 e. The zero-order valence-corrected chi connectivity index (χ0v) is 10.8. The van der Waals surface area contributed by atoms with E-state index in [9.17, 15) is 0 Å². The van der Waals surface area contributed by atoms with Crippen LogP contribution in [0.25, 0.3) is 6.08 Å². The lowest BCUT2D eigenvalue weighted by Gasteiger charge is -2.37. The molecule has 1 heterocycles. The maximum atomic E-state index is 3.58. The van der Waals surface area contributed by atoms with Gasteiger partial charge in [0.2, 0.25) is 0 Å². The Morgan fingerprint density at radius 1 is 1.41 bits per heavy atom. The van der Waals surface area contributed by atoms with Gasteiger partial charge < -0.3 is 5.32 Å². The summed E-state index contributed by atoms with van der Waals surface area (Å²) in [6.07, 6.45) is 6.97. The molecule has 0 bridgehead atoms. The highest BCUT2D eigenvalue weighted by Gasteiger charge is 2.43. The van der Waals surface area contributed by atoms with E-state index in [2.05, 4.69) is 49.5 Å². The predicted octanol–water partition coefficient (Wildman–Crippen LogP) is 3.36. The summed E-state index contributed by atoms with van der Waals surface area (Å²) in [6.45, 7) is 6.89. The topological polar surface area (TPSA) is 12.0 Å². The van der Waals surface area contributed by atoms with Crippen molar-refractivity contribution in [3.05, 3.63) is 41.0 Å². The fourth-order valence-electron chi connectivity index (χ4n) is 3.60. The van der Waals surface area contributed by atoms with Gasteiger partial charge in [-0.1, -0.05) is 37.3 Å². The van der Waals surface area contributed by atoms with Crippen molar-refractivity contribution in [3.8, 4) is 0 Å². The largest absolute Gasteiger partial charge is 0.316 e. The maximum Gasteiger partial charge on any atom is 0.00324 e. The van der Waals surface area contributed by atoms with E-state index >= 15 is 0 Å². The van der Waals surface area contributed by atoms with Crippen molar-refractivity contribution in [1.82, 2.24) is 5.32 Å². The summed E-state index contributed by atoms with van der Waals surface area (Å²) in [7, 11) is 0. The zero-order valence-electron chi connectivity index (χ0n) is 10.8. The van der Waals surface area contributed by atoms with E-state index in [1.165, 1.54) is 24.9 Å². The SMILES string of the molecule is CC=Cc1cccc2c1CC[C@]1(C)CNC[C@@H]21. The molecule has 1 N–H and O–H groups in total. The smallest absolute Gasteiger partial charge is 0.00324 e. The fourth-order valence-corrected chi connectivity index (χ4v) is 3.60. The van der Waals surface area contributed by atoms with Crippen LogP contribution < -0.4 is 5.32 Å². The quantitative estimate of drug-likeness (QED) is 0.775. The average molecular weight is 227 g/mol. The lowest BCUT2D eigenvalue weighted by Crippen LogP contribution is -2.30. The van der Waals surface area contributed by atoms with Gasteiger partial charge in [-0.05, 0) is 41.9 Å². The van der Waals surface area contributed by atoms with Crippen molar-refractivity contribution in [3.63, 3.8) is 0 Å². The molecule has 1 aromatic carbocycles. The molecule has 1 aromatic rings. The molecule has 0 spiro atoms. The van der Waals surface area contributed by atoms with E-state index in [-0.39, 0.29) is 0 Å². The van der Waals surface area contributed by atoms with Gasteiger partial charge in [-0.25, -0.2) is 0 Å². The first kappa shape index (κ1) is 11.0. The highest BCUT2D eigenvalue weighted by atomic mass is 14.9. The first-order valence-corrected chi connectivity index (χ1v) is 6.70. The molecule has 1 saturated heterocycles. The second-order valence-corrected chi connectivity index (χ2v) is 5.75. The van der Waals surface area contributed by atoms with Gasteiger partial charge in [0.25, 0.3) is 0 Å². The van der Waals surface area contributed by atoms with Crippen LogP contribution >= 0.6 is 0 Å². The number of fused-ring (bicyclic) bond motifs is 3. The molecule has 0 unspecified atom stereocenters. The number of benzene rings is 1. The zero-order chi connectivity index (χ0) is 11.9. The van der Waals surface area contributed by atoms with E-state index in [0.29, 0.717) is 5.41 Å². The summed E-state index contributed by atoms with van der Waals surface area (Å²) in [5.41, 5.74) is 5.11. The molecule has 0 radical (unpaired) electrons. The average Bonchev–Trinajstić information content (AvgIpc) is 2.72. The van der Waals surface area contributed by atoms with Gasteiger partial charge in [0, 0.05) is 19.0 Å². The molecule has 1 aliphatic carbocycles. The molecule has 2 aliphatic rings. The van der Waals surface area contributed by atoms with Gasteiger partial charge >= 0.3 is 0 Å².